The highest BCUT2D eigenvalue weighted by Crippen LogP contribution is 2.40. The molecule has 2 saturated heterocycles. The molecule has 2 aliphatic heterocycles. The zero-order chi connectivity index (χ0) is 20.8. The van der Waals surface area contributed by atoms with Crippen LogP contribution < -0.4 is 10.6 Å². The first-order valence-electron chi connectivity index (χ1n) is 10.5. The highest BCUT2D eigenvalue weighted by Gasteiger charge is 2.41. The number of hydrogen-bond donors (Lipinski definition) is 2. The van der Waals surface area contributed by atoms with Gasteiger partial charge in [-0.2, -0.15) is 17.0 Å². The average Bonchev–Trinajstić information content (AvgIpc) is 3.40. The van der Waals surface area contributed by atoms with E-state index in [9.17, 15) is 13.2 Å². The van der Waals surface area contributed by atoms with Gasteiger partial charge in [0.05, 0.1) is 0 Å². The number of carbonyl (C=O) groups excluding carboxylic acids is 1. The van der Waals surface area contributed by atoms with Crippen LogP contribution in [0.4, 0.5) is 0 Å². The quantitative estimate of drug-likeness (QED) is 0.730. The number of hydrogen-bond acceptors (Lipinski definition) is 6. The van der Waals surface area contributed by atoms with Gasteiger partial charge in [0, 0.05) is 55.8 Å². The van der Waals surface area contributed by atoms with Crippen molar-refractivity contribution in [3.05, 3.63) is 17.5 Å². The molecule has 4 rings (SSSR count). The Morgan fingerprint density at radius 1 is 1.21 bits per heavy atom. The van der Waals surface area contributed by atoms with Gasteiger partial charge in [0.25, 0.3) is 16.1 Å². The molecule has 9 nitrogen and oxygen atoms in total. The molecule has 0 radical (unpaired) electrons. The standard InChI is InChI=1S/C19H31N5O4S/c1-12-11-24(14(3)10-20-12)29(26,27)23-7-6-16(8-13(23)2)21-19(25)17-9-18(28-22-17)15-4-5-15/h9,12-16,20H,4-8,10-11H2,1-3H3,(H,21,25)/t12-,13+,14+,16+/m1/s1. The summed E-state index contributed by atoms with van der Waals surface area (Å²) in [6.07, 6.45) is 3.34. The average molecular weight is 426 g/mol. The van der Waals surface area contributed by atoms with Crippen molar-refractivity contribution in [2.45, 2.75) is 76.5 Å². The molecule has 3 aliphatic rings. The second-order valence-corrected chi connectivity index (χ2v) is 10.6. The van der Waals surface area contributed by atoms with E-state index in [4.69, 9.17) is 4.52 Å². The van der Waals surface area contributed by atoms with E-state index in [0.717, 1.165) is 18.6 Å². The molecule has 1 saturated carbocycles. The number of rotatable bonds is 5. The van der Waals surface area contributed by atoms with Crippen molar-refractivity contribution < 1.29 is 17.7 Å². The van der Waals surface area contributed by atoms with Crippen LogP contribution in [0.2, 0.25) is 0 Å². The van der Waals surface area contributed by atoms with Gasteiger partial charge in [-0.25, -0.2) is 0 Å². The normalized spacial score (nSPS) is 32.2. The van der Waals surface area contributed by atoms with Crippen molar-refractivity contribution >= 4 is 16.1 Å². The number of aromatic nitrogens is 1. The zero-order valence-electron chi connectivity index (χ0n) is 17.3. The van der Waals surface area contributed by atoms with Gasteiger partial charge in [-0.05, 0) is 46.5 Å². The first kappa shape index (κ1) is 20.8. The summed E-state index contributed by atoms with van der Waals surface area (Å²) in [7, 11) is -3.53. The van der Waals surface area contributed by atoms with Crippen LogP contribution in [0.3, 0.4) is 0 Å². The molecule has 4 atom stereocenters. The molecular formula is C19H31N5O4S. The van der Waals surface area contributed by atoms with Crippen LogP contribution in [0.15, 0.2) is 10.6 Å². The van der Waals surface area contributed by atoms with Gasteiger partial charge in [-0.3, -0.25) is 4.79 Å². The number of nitrogens with one attached hydrogen (secondary N) is 2. The second kappa shape index (κ2) is 7.98. The minimum atomic E-state index is -3.53. The van der Waals surface area contributed by atoms with E-state index in [1.807, 2.05) is 20.8 Å². The summed E-state index contributed by atoms with van der Waals surface area (Å²) >= 11 is 0. The third-order valence-corrected chi connectivity index (χ3v) is 8.43. The van der Waals surface area contributed by atoms with Crippen LogP contribution in [0.5, 0.6) is 0 Å². The SMILES string of the molecule is C[C@@H]1CN(S(=O)(=O)N2CC[C@H](NC(=O)c3cc(C4CC4)on3)C[C@@H]2C)[C@@H](C)CN1. The highest BCUT2D eigenvalue weighted by molar-refractivity contribution is 7.86. The summed E-state index contributed by atoms with van der Waals surface area (Å²) in [6, 6.07) is 1.52. The lowest BCUT2D eigenvalue weighted by Gasteiger charge is -2.43. The molecule has 0 aromatic carbocycles. The molecule has 162 valence electrons. The molecular weight excluding hydrogens is 394 g/mol. The lowest BCUT2D eigenvalue weighted by Crippen LogP contribution is -2.61. The summed E-state index contributed by atoms with van der Waals surface area (Å²) in [5.74, 6) is 0.940. The number of nitrogens with zero attached hydrogens (tertiary/aromatic N) is 3. The van der Waals surface area contributed by atoms with Gasteiger partial charge in [-0.1, -0.05) is 5.16 Å². The molecule has 1 aliphatic carbocycles. The summed E-state index contributed by atoms with van der Waals surface area (Å²) in [5, 5.41) is 10.2. The summed E-state index contributed by atoms with van der Waals surface area (Å²) in [4.78, 5) is 12.5. The maximum Gasteiger partial charge on any atom is 0.282 e. The molecule has 3 heterocycles. The van der Waals surface area contributed by atoms with Gasteiger partial charge in [0.2, 0.25) is 0 Å². The minimum Gasteiger partial charge on any atom is -0.360 e. The fourth-order valence-electron chi connectivity index (χ4n) is 4.28. The second-order valence-electron chi connectivity index (χ2n) is 8.78. The maximum absolute atomic E-state index is 13.2. The number of amides is 1. The zero-order valence-corrected chi connectivity index (χ0v) is 18.1. The topological polar surface area (TPSA) is 108 Å². The first-order chi connectivity index (χ1) is 13.8. The van der Waals surface area contributed by atoms with Gasteiger partial charge >= 0.3 is 0 Å². The van der Waals surface area contributed by atoms with Gasteiger partial charge < -0.3 is 15.2 Å². The monoisotopic (exact) mass is 425 g/mol. The van der Waals surface area contributed by atoms with Gasteiger partial charge in [0.1, 0.15) is 5.76 Å². The van der Waals surface area contributed by atoms with E-state index in [1.165, 1.54) is 0 Å². The van der Waals surface area contributed by atoms with Gasteiger partial charge in [-0.15, -0.1) is 0 Å². The van der Waals surface area contributed by atoms with E-state index in [0.29, 0.717) is 44.1 Å². The van der Waals surface area contributed by atoms with Crippen molar-refractivity contribution in [2.24, 2.45) is 0 Å². The number of carbonyl (C=O) groups is 1. The Morgan fingerprint density at radius 2 is 1.97 bits per heavy atom. The minimum absolute atomic E-state index is 0.0753. The Hall–Kier alpha value is -1.49. The Kier molecular flexibility index (Phi) is 5.71. The van der Waals surface area contributed by atoms with Crippen LogP contribution in [0.25, 0.3) is 0 Å². The van der Waals surface area contributed by atoms with Crippen LogP contribution in [0.1, 0.15) is 68.6 Å². The van der Waals surface area contributed by atoms with Crippen molar-refractivity contribution in [3.8, 4) is 0 Å². The fraction of sp³-hybridized carbons (Fsp3) is 0.789. The van der Waals surface area contributed by atoms with Crippen LogP contribution >= 0.6 is 0 Å². The summed E-state index contributed by atoms with van der Waals surface area (Å²) in [6.45, 7) is 7.36. The predicted octanol–water partition coefficient (Wildman–Crippen LogP) is 1.06. The molecule has 3 fully saturated rings. The maximum atomic E-state index is 13.2. The predicted molar refractivity (Wildman–Crippen MR) is 108 cm³/mol. The van der Waals surface area contributed by atoms with Crippen LogP contribution in [-0.4, -0.2) is 71.9 Å². The molecule has 29 heavy (non-hydrogen) atoms. The number of piperidine rings is 1. The van der Waals surface area contributed by atoms with E-state index in [-0.39, 0.29) is 30.1 Å². The Balaban J connectivity index is 1.36. The third kappa shape index (κ3) is 4.35. The molecule has 10 heteroatoms. The molecule has 0 unspecified atom stereocenters. The fourth-order valence-corrected chi connectivity index (χ4v) is 6.37. The van der Waals surface area contributed by atoms with Crippen molar-refractivity contribution in [1.29, 1.82) is 0 Å². The molecule has 1 aromatic heterocycles. The number of piperazine rings is 1. The largest absolute Gasteiger partial charge is 0.360 e. The summed E-state index contributed by atoms with van der Waals surface area (Å²) < 4.78 is 34.9. The van der Waals surface area contributed by atoms with Crippen molar-refractivity contribution in [3.63, 3.8) is 0 Å². The Labute approximate surface area is 172 Å². The first-order valence-corrected chi connectivity index (χ1v) is 11.9. The van der Waals surface area contributed by atoms with Crippen LogP contribution in [-0.2, 0) is 10.2 Å². The molecule has 2 N–H and O–H groups in total. The van der Waals surface area contributed by atoms with E-state index in [2.05, 4.69) is 15.8 Å². The van der Waals surface area contributed by atoms with Gasteiger partial charge in [0.15, 0.2) is 5.69 Å². The third-order valence-electron chi connectivity index (χ3n) is 6.19. The molecule has 1 amide bonds. The lowest BCUT2D eigenvalue weighted by atomic mass is 10.0. The van der Waals surface area contributed by atoms with E-state index < -0.39 is 10.2 Å². The Bertz CT molecular complexity index is 853. The molecule has 0 spiro atoms. The molecule has 0 bridgehead atoms. The Morgan fingerprint density at radius 3 is 2.66 bits per heavy atom. The molecule has 1 aromatic rings. The van der Waals surface area contributed by atoms with Crippen molar-refractivity contribution in [1.82, 2.24) is 24.4 Å². The smallest absolute Gasteiger partial charge is 0.282 e. The van der Waals surface area contributed by atoms with Crippen LogP contribution in [0, 0.1) is 0 Å². The van der Waals surface area contributed by atoms with E-state index >= 15 is 0 Å². The lowest BCUT2D eigenvalue weighted by molar-refractivity contribution is 0.0902. The summed E-state index contributed by atoms with van der Waals surface area (Å²) in [5.41, 5.74) is 0.304. The van der Waals surface area contributed by atoms with E-state index in [1.54, 1.807) is 14.7 Å². The van der Waals surface area contributed by atoms with Crippen molar-refractivity contribution in [2.75, 3.05) is 19.6 Å². The highest BCUT2D eigenvalue weighted by atomic mass is 32.2.